The molecule has 1 aliphatic heterocycles. The molecule has 0 unspecified atom stereocenters. The summed E-state index contributed by atoms with van der Waals surface area (Å²) in [6.45, 7) is 2.02. The number of carbonyl (C=O) groups is 2. The number of halogens is 1. The van der Waals surface area contributed by atoms with Crippen molar-refractivity contribution in [2.75, 3.05) is 19.6 Å². The average molecular weight is 332 g/mol. The molecule has 0 aromatic heterocycles. The molecule has 1 saturated heterocycles. The number of carbonyl (C=O) groups excluding carboxylic acids is 2. The Morgan fingerprint density at radius 3 is 2.50 bits per heavy atom. The second-order valence-corrected chi connectivity index (χ2v) is 6.89. The van der Waals surface area contributed by atoms with Crippen molar-refractivity contribution in [3.63, 3.8) is 0 Å². The van der Waals surface area contributed by atoms with Crippen LogP contribution >= 0.6 is 0 Å². The summed E-state index contributed by atoms with van der Waals surface area (Å²) in [6, 6.07) is 6.37. The average Bonchev–Trinajstić information content (AvgIpc) is 3.27. The first-order chi connectivity index (χ1) is 11.6. The van der Waals surface area contributed by atoms with E-state index in [4.69, 9.17) is 0 Å². The molecule has 0 bridgehead atoms. The van der Waals surface area contributed by atoms with Gasteiger partial charge in [0.05, 0.1) is 5.41 Å². The molecule has 5 heteroatoms. The second-order valence-electron chi connectivity index (χ2n) is 6.89. The third-order valence-corrected chi connectivity index (χ3v) is 5.35. The lowest BCUT2D eigenvalue weighted by molar-refractivity contribution is -0.130. The molecular weight excluding hydrogens is 307 g/mol. The van der Waals surface area contributed by atoms with Gasteiger partial charge >= 0.3 is 0 Å². The van der Waals surface area contributed by atoms with Gasteiger partial charge in [-0.1, -0.05) is 25.0 Å². The molecule has 2 amide bonds. The van der Waals surface area contributed by atoms with E-state index in [9.17, 15) is 14.0 Å². The fourth-order valence-electron chi connectivity index (χ4n) is 3.99. The van der Waals surface area contributed by atoms with Gasteiger partial charge in [-0.15, -0.1) is 0 Å². The minimum absolute atomic E-state index is 0.0696. The Morgan fingerprint density at radius 1 is 1.12 bits per heavy atom. The van der Waals surface area contributed by atoms with Gasteiger partial charge in [-0.2, -0.15) is 0 Å². The maximum absolute atomic E-state index is 13.6. The summed E-state index contributed by atoms with van der Waals surface area (Å²) in [5, 5.41) is 2.93. The highest BCUT2D eigenvalue weighted by molar-refractivity contribution is 5.89. The zero-order valence-corrected chi connectivity index (χ0v) is 14.0. The summed E-state index contributed by atoms with van der Waals surface area (Å²) in [5.41, 5.74) is 0.113. The zero-order valence-electron chi connectivity index (χ0n) is 14.0. The summed E-state index contributed by atoms with van der Waals surface area (Å²) >= 11 is 0. The number of benzene rings is 1. The van der Waals surface area contributed by atoms with E-state index in [1.54, 1.807) is 6.07 Å². The minimum Gasteiger partial charge on any atom is -0.355 e. The van der Waals surface area contributed by atoms with Crippen molar-refractivity contribution in [2.24, 2.45) is 0 Å². The van der Waals surface area contributed by atoms with E-state index in [2.05, 4.69) is 5.32 Å². The molecule has 1 heterocycles. The molecule has 0 atom stereocenters. The van der Waals surface area contributed by atoms with E-state index >= 15 is 0 Å². The van der Waals surface area contributed by atoms with Crippen LogP contribution in [0.5, 0.6) is 0 Å². The molecule has 130 valence electrons. The second kappa shape index (κ2) is 7.32. The molecule has 2 aliphatic rings. The molecule has 1 aromatic rings. The number of likely N-dealkylation sites (tertiary alicyclic amines) is 1. The smallest absolute Gasteiger partial charge is 0.230 e. The third kappa shape index (κ3) is 3.45. The molecule has 4 nitrogen and oxygen atoms in total. The predicted octanol–water partition coefficient (Wildman–Crippen LogP) is 2.77. The van der Waals surface area contributed by atoms with Gasteiger partial charge in [0, 0.05) is 26.1 Å². The van der Waals surface area contributed by atoms with E-state index in [1.165, 1.54) is 12.1 Å². The Morgan fingerprint density at radius 2 is 1.83 bits per heavy atom. The van der Waals surface area contributed by atoms with Gasteiger partial charge < -0.3 is 10.2 Å². The van der Waals surface area contributed by atoms with Crippen molar-refractivity contribution < 1.29 is 14.0 Å². The Bertz CT molecular complexity index is 605. The van der Waals surface area contributed by atoms with E-state index in [1.807, 2.05) is 11.0 Å². The van der Waals surface area contributed by atoms with Crippen molar-refractivity contribution in [3.8, 4) is 0 Å². The first kappa shape index (κ1) is 16.9. The van der Waals surface area contributed by atoms with Crippen molar-refractivity contribution >= 4 is 11.8 Å². The molecule has 2 fully saturated rings. The van der Waals surface area contributed by atoms with Crippen LogP contribution in [0.3, 0.4) is 0 Å². The molecule has 1 aliphatic carbocycles. The third-order valence-electron chi connectivity index (χ3n) is 5.35. The van der Waals surface area contributed by atoms with Crippen molar-refractivity contribution in [1.82, 2.24) is 10.2 Å². The fourth-order valence-corrected chi connectivity index (χ4v) is 3.99. The van der Waals surface area contributed by atoms with E-state index in [-0.39, 0.29) is 17.6 Å². The maximum atomic E-state index is 13.6. The molecular formula is C19H25FN2O2. The lowest BCUT2D eigenvalue weighted by atomic mass is 9.78. The van der Waals surface area contributed by atoms with Gasteiger partial charge in [0.25, 0.3) is 0 Å². The van der Waals surface area contributed by atoms with Crippen LogP contribution in [-0.2, 0) is 15.0 Å². The monoisotopic (exact) mass is 332 g/mol. The van der Waals surface area contributed by atoms with E-state index in [0.717, 1.165) is 57.2 Å². The highest BCUT2D eigenvalue weighted by Crippen LogP contribution is 2.41. The number of nitrogens with one attached hydrogen (secondary N) is 1. The number of nitrogens with zero attached hydrogens (tertiary/aromatic N) is 1. The maximum Gasteiger partial charge on any atom is 0.230 e. The normalized spacial score (nSPS) is 19.5. The number of amides is 2. The Labute approximate surface area is 142 Å². The summed E-state index contributed by atoms with van der Waals surface area (Å²) in [5.74, 6) is -0.269. The van der Waals surface area contributed by atoms with Crippen LogP contribution in [0.4, 0.5) is 4.39 Å². The predicted molar refractivity (Wildman–Crippen MR) is 90.0 cm³/mol. The van der Waals surface area contributed by atoms with Crippen molar-refractivity contribution in [2.45, 2.75) is 50.4 Å². The van der Waals surface area contributed by atoms with Crippen molar-refractivity contribution in [3.05, 3.63) is 35.6 Å². The van der Waals surface area contributed by atoms with Crippen LogP contribution in [-0.4, -0.2) is 36.3 Å². The molecule has 0 radical (unpaired) electrons. The Hall–Kier alpha value is -1.91. The van der Waals surface area contributed by atoms with Crippen LogP contribution in [0.1, 0.15) is 50.5 Å². The van der Waals surface area contributed by atoms with Gasteiger partial charge in [0.15, 0.2) is 0 Å². The van der Waals surface area contributed by atoms with Gasteiger partial charge in [-0.25, -0.2) is 4.39 Å². The summed E-state index contributed by atoms with van der Waals surface area (Å²) in [4.78, 5) is 26.8. The number of rotatable bonds is 5. The standard InChI is InChI=1S/C19H25FN2O2/c20-16-7-5-6-15(14-16)19(9-1-2-10-19)18(24)21-11-8-17(23)22-12-3-4-13-22/h5-7,14H,1-4,8-13H2,(H,21,24). The molecule has 0 spiro atoms. The zero-order chi connectivity index (χ0) is 17.0. The molecule has 1 saturated carbocycles. The van der Waals surface area contributed by atoms with Gasteiger partial charge in [-0.05, 0) is 43.4 Å². The lowest BCUT2D eigenvalue weighted by Crippen LogP contribution is -2.44. The minimum atomic E-state index is -0.640. The first-order valence-corrected chi connectivity index (χ1v) is 8.94. The van der Waals surface area contributed by atoms with Crippen LogP contribution in [0.25, 0.3) is 0 Å². The Kier molecular flexibility index (Phi) is 5.17. The summed E-state index contributed by atoms with van der Waals surface area (Å²) in [6.07, 6.45) is 5.89. The van der Waals surface area contributed by atoms with Gasteiger partial charge in [0.2, 0.25) is 11.8 Å². The topological polar surface area (TPSA) is 49.4 Å². The SMILES string of the molecule is O=C(CCNC(=O)C1(c2cccc(F)c2)CCCC1)N1CCCC1. The largest absolute Gasteiger partial charge is 0.355 e. The van der Waals surface area contributed by atoms with Crippen molar-refractivity contribution in [1.29, 1.82) is 0 Å². The first-order valence-electron chi connectivity index (χ1n) is 8.94. The summed E-state index contributed by atoms with van der Waals surface area (Å²) < 4.78 is 13.6. The van der Waals surface area contributed by atoms with Crippen LogP contribution in [0.15, 0.2) is 24.3 Å². The highest BCUT2D eigenvalue weighted by Gasteiger charge is 2.42. The number of hydrogen-bond acceptors (Lipinski definition) is 2. The highest BCUT2D eigenvalue weighted by atomic mass is 19.1. The molecule has 1 aromatic carbocycles. The van der Waals surface area contributed by atoms with Gasteiger partial charge in [-0.3, -0.25) is 9.59 Å². The molecule has 1 N–H and O–H groups in total. The quantitative estimate of drug-likeness (QED) is 0.901. The fraction of sp³-hybridized carbons (Fsp3) is 0.579. The van der Waals surface area contributed by atoms with Gasteiger partial charge in [0.1, 0.15) is 5.82 Å². The van der Waals surface area contributed by atoms with Crippen LogP contribution < -0.4 is 5.32 Å². The van der Waals surface area contributed by atoms with Crippen LogP contribution in [0.2, 0.25) is 0 Å². The summed E-state index contributed by atoms with van der Waals surface area (Å²) in [7, 11) is 0. The molecule has 3 rings (SSSR count). The van der Waals surface area contributed by atoms with E-state index in [0.29, 0.717) is 13.0 Å². The number of hydrogen-bond donors (Lipinski definition) is 1. The Balaban J connectivity index is 1.61. The lowest BCUT2D eigenvalue weighted by Gasteiger charge is -2.28. The molecule has 24 heavy (non-hydrogen) atoms. The van der Waals surface area contributed by atoms with Crippen LogP contribution in [0, 0.1) is 5.82 Å². The van der Waals surface area contributed by atoms with E-state index < -0.39 is 5.41 Å².